The van der Waals surface area contributed by atoms with Crippen LogP contribution in [0, 0.1) is 0 Å². The van der Waals surface area contributed by atoms with Gasteiger partial charge in [-0.1, -0.05) is 59.2 Å². The Balaban J connectivity index is 1.18. The maximum atomic E-state index is 6.09. The number of halogens is 1. The van der Waals surface area contributed by atoms with Gasteiger partial charge < -0.3 is 9.42 Å². The SMILES string of the molecule is Clc1cccc(CN2CCN(CCCc3nc(-c4ccccc4)no3)CC2)c1. The summed E-state index contributed by atoms with van der Waals surface area (Å²) in [5.74, 6) is 1.39. The molecule has 0 aliphatic carbocycles. The van der Waals surface area contributed by atoms with Crippen molar-refractivity contribution in [2.45, 2.75) is 19.4 Å². The second kappa shape index (κ2) is 9.32. The Morgan fingerprint density at radius 1 is 0.929 bits per heavy atom. The van der Waals surface area contributed by atoms with E-state index in [1.807, 2.05) is 42.5 Å². The summed E-state index contributed by atoms with van der Waals surface area (Å²) in [7, 11) is 0. The molecule has 0 N–H and O–H groups in total. The van der Waals surface area contributed by atoms with Crippen LogP contribution in [0.3, 0.4) is 0 Å². The fourth-order valence-electron chi connectivity index (χ4n) is 3.58. The van der Waals surface area contributed by atoms with Crippen LogP contribution in [0.15, 0.2) is 59.1 Å². The topological polar surface area (TPSA) is 45.4 Å². The number of rotatable bonds is 7. The van der Waals surface area contributed by atoms with E-state index in [1.165, 1.54) is 5.56 Å². The van der Waals surface area contributed by atoms with E-state index in [0.29, 0.717) is 5.82 Å². The van der Waals surface area contributed by atoms with E-state index in [1.54, 1.807) is 0 Å². The van der Waals surface area contributed by atoms with Crippen LogP contribution in [0.1, 0.15) is 17.9 Å². The largest absolute Gasteiger partial charge is 0.339 e. The Labute approximate surface area is 170 Å². The third kappa shape index (κ3) is 5.19. The van der Waals surface area contributed by atoms with E-state index in [9.17, 15) is 0 Å². The Kier molecular flexibility index (Phi) is 6.37. The number of piperazine rings is 1. The van der Waals surface area contributed by atoms with Gasteiger partial charge >= 0.3 is 0 Å². The lowest BCUT2D eigenvalue weighted by atomic mass is 10.2. The molecule has 0 amide bonds. The van der Waals surface area contributed by atoms with Gasteiger partial charge in [0, 0.05) is 49.7 Å². The van der Waals surface area contributed by atoms with Gasteiger partial charge in [0.25, 0.3) is 0 Å². The zero-order valence-corrected chi connectivity index (χ0v) is 16.7. The van der Waals surface area contributed by atoms with Crippen LogP contribution in [0.2, 0.25) is 5.02 Å². The molecule has 0 atom stereocenters. The van der Waals surface area contributed by atoms with E-state index in [4.69, 9.17) is 16.1 Å². The molecule has 1 aliphatic rings. The zero-order chi connectivity index (χ0) is 19.2. The normalized spacial score (nSPS) is 15.8. The molecule has 1 aliphatic heterocycles. The molecule has 5 nitrogen and oxygen atoms in total. The van der Waals surface area contributed by atoms with E-state index in [0.717, 1.165) is 68.6 Å². The fourth-order valence-corrected chi connectivity index (χ4v) is 3.79. The highest BCUT2D eigenvalue weighted by atomic mass is 35.5. The van der Waals surface area contributed by atoms with Crippen molar-refractivity contribution in [1.29, 1.82) is 0 Å². The van der Waals surface area contributed by atoms with Crippen molar-refractivity contribution < 1.29 is 4.52 Å². The molecule has 1 saturated heterocycles. The Hall–Kier alpha value is -2.21. The van der Waals surface area contributed by atoms with Crippen LogP contribution in [0.5, 0.6) is 0 Å². The second-order valence-electron chi connectivity index (χ2n) is 7.23. The summed E-state index contributed by atoms with van der Waals surface area (Å²) in [6.45, 7) is 6.41. The smallest absolute Gasteiger partial charge is 0.227 e. The van der Waals surface area contributed by atoms with Gasteiger partial charge in [0.2, 0.25) is 11.7 Å². The van der Waals surface area contributed by atoms with Crippen LogP contribution in [0.25, 0.3) is 11.4 Å². The van der Waals surface area contributed by atoms with E-state index >= 15 is 0 Å². The average Bonchev–Trinajstić information content (AvgIpc) is 3.19. The minimum atomic E-state index is 0.672. The quantitative estimate of drug-likeness (QED) is 0.600. The first-order valence-electron chi connectivity index (χ1n) is 9.83. The Morgan fingerprint density at radius 3 is 2.50 bits per heavy atom. The molecule has 1 aromatic heterocycles. The van der Waals surface area contributed by atoms with Gasteiger partial charge in [-0.3, -0.25) is 4.90 Å². The van der Waals surface area contributed by atoms with Gasteiger partial charge in [0.05, 0.1) is 0 Å². The van der Waals surface area contributed by atoms with Gasteiger partial charge in [-0.25, -0.2) is 0 Å². The first-order valence-corrected chi connectivity index (χ1v) is 10.2. The molecule has 4 rings (SSSR count). The molecule has 0 saturated carbocycles. The molecular formula is C22H25ClN4O. The molecule has 3 aromatic rings. The summed E-state index contributed by atoms with van der Waals surface area (Å²) in [4.78, 5) is 9.52. The van der Waals surface area contributed by atoms with Gasteiger partial charge in [0.1, 0.15) is 0 Å². The van der Waals surface area contributed by atoms with Gasteiger partial charge in [-0.2, -0.15) is 4.98 Å². The maximum absolute atomic E-state index is 6.09. The number of aromatic nitrogens is 2. The monoisotopic (exact) mass is 396 g/mol. The molecule has 146 valence electrons. The Morgan fingerprint density at radius 2 is 1.71 bits per heavy atom. The maximum Gasteiger partial charge on any atom is 0.227 e. The second-order valence-corrected chi connectivity index (χ2v) is 7.67. The number of aryl methyl sites for hydroxylation is 1. The summed E-state index contributed by atoms with van der Waals surface area (Å²) in [5.41, 5.74) is 2.28. The lowest BCUT2D eigenvalue weighted by molar-refractivity contribution is 0.125. The molecule has 0 unspecified atom stereocenters. The molecule has 2 aromatic carbocycles. The Bertz CT molecular complexity index is 875. The van der Waals surface area contributed by atoms with Crippen LogP contribution in [0.4, 0.5) is 0 Å². The van der Waals surface area contributed by atoms with Gasteiger partial charge in [-0.15, -0.1) is 0 Å². The van der Waals surface area contributed by atoms with Gasteiger partial charge in [0.15, 0.2) is 0 Å². The molecule has 2 heterocycles. The van der Waals surface area contributed by atoms with Crippen molar-refractivity contribution >= 4 is 11.6 Å². The highest BCUT2D eigenvalue weighted by molar-refractivity contribution is 6.30. The summed E-state index contributed by atoms with van der Waals surface area (Å²) < 4.78 is 5.40. The van der Waals surface area contributed by atoms with Crippen molar-refractivity contribution in [3.05, 3.63) is 71.1 Å². The number of hydrogen-bond donors (Lipinski definition) is 0. The van der Waals surface area contributed by atoms with Crippen LogP contribution in [-0.4, -0.2) is 52.7 Å². The standard InChI is InChI=1S/C22H25ClN4O/c23-20-9-4-6-18(16-20)17-27-14-12-26(13-15-27)11-5-10-21-24-22(25-28-21)19-7-2-1-3-8-19/h1-4,6-9,16H,5,10-15,17H2. The van der Waals surface area contributed by atoms with Gasteiger partial charge in [-0.05, 0) is 30.7 Å². The average molecular weight is 397 g/mol. The molecule has 0 radical (unpaired) electrons. The van der Waals surface area contributed by atoms with E-state index < -0.39 is 0 Å². The number of benzene rings is 2. The molecule has 1 fully saturated rings. The van der Waals surface area contributed by atoms with Crippen molar-refractivity contribution in [2.24, 2.45) is 0 Å². The molecular weight excluding hydrogens is 372 g/mol. The van der Waals surface area contributed by atoms with Crippen LogP contribution >= 0.6 is 11.6 Å². The zero-order valence-electron chi connectivity index (χ0n) is 15.9. The van der Waals surface area contributed by atoms with E-state index in [2.05, 4.69) is 32.1 Å². The molecule has 6 heteroatoms. The highest BCUT2D eigenvalue weighted by Gasteiger charge is 2.17. The first-order chi connectivity index (χ1) is 13.8. The highest BCUT2D eigenvalue weighted by Crippen LogP contribution is 2.16. The summed E-state index contributed by atoms with van der Waals surface area (Å²) >= 11 is 6.09. The first kappa shape index (κ1) is 19.1. The molecule has 0 spiro atoms. The predicted octanol–water partition coefficient (Wildman–Crippen LogP) is 4.14. The minimum Gasteiger partial charge on any atom is -0.339 e. The lowest BCUT2D eigenvalue weighted by Gasteiger charge is -2.34. The van der Waals surface area contributed by atoms with Crippen molar-refractivity contribution in [2.75, 3.05) is 32.7 Å². The minimum absolute atomic E-state index is 0.672. The summed E-state index contributed by atoms with van der Waals surface area (Å²) in [6, 6.07) is 18.1. The lowest BCUT2D eigenvalue weighted by Crippen LogP contribution is -2.46. The third-order valence-corrected chi connectivity index (χ3v) is 5.36. The van der Waals surface area contributed by atoms with Crippen molar-refractivity contribution in [1.82, 2.24) is 19.9 Å². The van der Waals surface area contributed by atoms with Crippen LogP contribution in [-0.2, 0) is 13.0 Å². The predicted molar refractivity (Wildman–Crippen MR) is 111 cm³/mol. The third-order valence-electron chi connectivity index (χ3n) is 5.13. The van der Waals surface area contributed by atoms with Crippen molar-refractivity contribution in [3.8, 4) is 11.4 Å². The number of nitrogens with zero attached hydrogens (tertiary/aromatic N) is 4. The fraction of sp³-hybridized carbons (Fsp3) is 0.364. The number of hydrogen-bond acceptors (Lipinski definition) is 5. The summed E-state index contributed by atoms with van der Waals surface area (Å²) in [5, 5.41) is 4.90. The van der Waals surface area contributed by atoms with Crippen molar-refractivity contribution in [3.63, 3.8) is 0 Å². The summed E-state index contributed by atoms with van der Waals surface area (Å²) in [6.07, 6.45) is 1.85. The van der Waals surface area contributed by atoms with E-state index in [-0.39, 0.29) is 0 Å². The molecule has 28 heavy (non-hydrogen) atoms. The van der Waals surface area contributed by atoms with Crippen LogP contribution < -0.4 is 0 Å². The molecule has 0 bridgehead atoms.